The number of amides is 1. The molecule has 0 saturated carbocycles. The lowest BCUT2D eigenvalue weighted by Crippen LogP contribution is -2.31. The maximum atomic E-state index is 12.8. The van der Waals surface area contributed by atoms with Gasteiger partial charge in [0.05, 0.1) is 22.6 Å². The van der Waals surface area contributed by atoms with Crippen LogP contribution in [-0.2, 0) is 16.6 Å². The van der Waals surface area contributed by atoms with E-state index in [4.69, 9.17) is 16.3 Å². The summed E-state index contributed by atoms with van der Waals surface area (Å²) in [5.41, 5.74) is 1.05. The maximum absolute atomic E-state index is 12.8. The number of carbonyl (C=O) groups excluding carboxylic acids is 1. The Hall–Kier alpha value is -2.09. The summed E-state index contributed by atoms with van der Waals surface area (Å²) in [5, 5.41) is 0.199. The molecule has 1 N–H and O–H groups in total. The van der Waals surface area contributed by atoms with Gasteiger partial charge in [0.15, 0.2) is 0 Å². The van der Waals surface area contributed by atoms with Crippen molar-refractivity contribution >= 4 is 27.5 Å². The smallest absolute Gasteiger partial charge is 0.255 e. The number of nitrogens with one attached hydrogen (secondary N) is 1. The fourth-order valence-corrected chi connectivity index (χ4v) is 3.97. The topological polar surface area (TPSA) is 75.7 Å². The standard InChI is InChI=1S/C19H23ClN2O4S/c1-13(2)21-27(24,25)16-9-10-18(20)17(11-16)19(23)22(3)12-14-5-7-15(26-4)8-6-14/h5-11,13,21H,12H2,1-4H3. The highest BCUT2D eigenvalue weighted by molar-refractivity contribution is 7.89. The van der Waals surface area contributed by atoms with Crippen molar-refractivity contribution in [1.29, 1.82) is 0 Å². The van der Waals surface area contributed by atoms with Crippen molar-refractivity contribution in [3.63, 3.8) is 0 Å². The molecule has 0 unspecified atom stereocenters. The number of nitrogens with zero attached hydrogens (tertiary/aromatic N) is 1. The predicted molar refractivity (Wildman–Crippen MR) is 106 cm³/mol. The fraction of sp³-hybridized carbons (Fsp3) is 0.316. The number of benzene rings is 2. The molecule has 0 spiro atoms. The van der Waals surface area contributed by atoms with Gasteiger partial charge in [0.25, 0.3) is 5.91 Å². The largest absolute Gasteiger partial charge is 0.497 e. The quantitative estimate of drug-likeness (QED) is 0.759. The predicted octanol–water partition coefficient (Wildman–Crippen LogP) is 3.31. The molecule has 0 heterocycles. The Balaban J connectivity index is 2.25. The van der Waals surface area contributed by atoms with E-state index >= 15 is 0 Å². The molecule has 0 saturated heterocycles. The molecular weight excluding hydrogens is 388 g/mol. The average Bonchev–Trinajstić information content (AvgIpc) is 2.61. The van der Waals surface area contributed by atoms with Gasteiger partial charge in [0.2, 0.25) is 10.0 Å². The van der Waals surface area contributed by atoms with Crippen molar-refractivity contribution in [2.24, 2.45) is 0 Å². The third-order valence-electron chi connectivity index (χ3n) is 3.79. The van der Waals surface area contributed by atoms with Crippen molar-refractivity contribution in [2.75, 3.05) is 14.2 Å². The highest BCUT2D eigenvalue weighted by Gasteiger charge is 2.21. The van der Waals surface area contributed by atoms with Crippen molar-refractivity contribution in [1.82, 2.24) is 9.62 Å². The van der Waals surface area contributed by atoms with Gasteiger partial charge in [-0.05, 0) is 49.7 Å². The molecule has 0 bridgehead atoms. The van der Waals surface area contributed by atoms with E-state index in [9.17, 15) is 13.2 Å². The number of methoxy groups -OCH3 is 1. The summed E-state index contributed by atoms with van der Waals surface area (Å²) >= 11 is 6.15. The Kier molecular flexibility index (Phi) is 6.86. The van der Waals surface area contributed by atoms with E-state index in [-0.39, 0.29) is 27.4 Å². The van der Waals surface area contributed by atoms with Gasteiger partial charge in [-0.15, -0.1) is 0 Å². The lowest BCUT2D eigenvalue weighted by Gasteiger charge is -2.19. The minimum atomic E-state index is -3.72. The first-order chi connectivity index (χ1) is 12.6. The zero-order valence-corrected chi connectivity index (χ0v) is 17.3. The van der Waals surface area contributed by atoms with Gasteiger partial charge < -0.3 is 9.64 Å². The van der Waals surface area contributed by atoms with Crippen LogP contribution in [-0.4, -0.2) is 39.4 Å². The summed E-state index contributed by atoms with van der Waals surface area (Å²) in [6, 6.07) is 11.2. The van der Waals surface area contributed by atoms with Gasteiger partial charge in [0, 0.05) is 19.6 Å². The third kappa shape index (κ3) is 5.45. The van der Waals surface area contributed by atoms with E-state index in [1.54, 1.807) is 28.0 Å². The summed E-state index contributed by atoms with van der Waals surface area (Å²) in [6.07, 6.45) is 0. The number of ether oxygens (including phenoxy) is 1. The number of halogens is 1. The summed E-state index contributed by atoms with van der Waals surface area (Å²) in [5.74, 6) is 0.365. The fourth-order valence-electron chi connectivity index (χ4n) is 2.50. The molecule has 0 aliphatic rings. The molecule has 0 atom stereocenters. The highest BCUT2D eigenvalue weighted by atomic mass is 35.5. The molecule has 2 rings (SSSR count). The lowest BCUT2D eigenvalue weighted by atomic mass is 10.1. The Morgan fingerprint density at radius 2 is 1.81 bits per heavy atom. The molecule has 2 aromatic carbocycles. The van der Waals surface area contributed by atoms with E-state index in [1.165, 1.54) is 23.1 Å². The number of rotatable bonds is 7. The molecule has 2 aromatic rings. The monoisotopic (exact) mass is 410 g/mol. The molecule has 0 aliphatic heterocycles. The lowest BCUT2D eigenvalue weighted by molar-refractivity contribution is 0.0785. The highest BCUT2D eigenvalue weighted by Crippen LogP contribution is 2.23. The van der Waals surface area contributed by atoms with Gasteiger partial charge in [-0.3, -0.25) is 4.79 Å². The number of sulfonamides is 1. The van der Waals surface area contributed by atoms with Gasteiger partial charge in [0.1, 0.15) is 5.75 Å². The summed E-state index contributed by atoms with van der Waals surface area (Å²) < 4.78 is 32.3. The Morgan fingerprint density at radius 1 is 1.19 bits per heavy atom. The first-order valence-corrected chi connectivity index (χ1v) is 10.2. The van der Waals surface area contributed by atoms with Crippen LogP contribution in [0.25, 0.3) is 0 Å². The Labute approximate surface area is 165 Å². The molecule has 0 fully saturated rings. The first-order valence-electron chi connectivity index (χ1n) is 8.34. The average molecular weight is 411 g/mol. The maximum Gasteiger partial charge on any atom is 0.255 e. The van der Waals surface area contributed by atoms with Crippen molar-refractivity contribution < 1.29 is 17.9 Å². The van der Waals surface area contributed by atoms with Crippen LogP contribution in [0.4, 0.5) is 0 Å². The number of hydrogen-bond acceptors (Lipinski definition) is 4. The minimum absolute atomic E-state index is 0.00166. The molecule has 146 valence electrons. The van der Waals surface area contributed by atoms with E-state index in [0.29, 0.717) is 6.54 Å². The van der Waals surface area contributed by atoms with Crippen LogP contribution < -0.4 is 9.46 Å². The van der Waals surface area contributed by atoms with Crippen LogP contribution in [0.15, 0.2) is 47.4 Å². The second-order valence-electron chi connectivity index (χ2n) is 6.43. The second kappa shape index (κ2) is 8.73. The van der Waals surface area contributed by atoms with Gasteiger partial charge in [-0.25, -0.2) is 13.1 Å². The summed E-state index contributed by atoms with van der Waals surface area (Å²) in [6.45, 7) is 3.80. The second-order valence-corrected chi connectivity index (χ2v) is 8.55. The summed E-state index contributed by atoms with van der Waals surface area (Å²) in [7, 11) is -0.497. The van der Waals surface area contributed by atoms with E-state index in [2.05, 4.69) is 4.72 Å². The molecule has 0 aliphatic carbocycles. The minimum Gasteiger partial charge on any atom is -0.497 e. The molecule has 0 radical (unpaired) electrons. The van der Waals surface area contributed by atoms with Crippen LogP contribution in [0.3, 0.4) is 0 Å². The van der Waals surface area contributed by atoms with Crippen LogP contribution in [0, 0.1) is 0 Å². The third-order valence-corrected chi connectivity index (χ3v) is 5.78. The van der Waals surface area contributed by atoms with Crippen LogP contribution in [0.1, 0.15) is 29.8 Å². The normalized spacial score (nSPS) is 11.5. The Morgan fingerprint density at radius 3 is 2.37 bits per heavy atom. The van der Waals surface area contributed by atoms with Crippen molar-refractivity contribution in [3.8, 4) is 5.75 Å². The molecule has 1 amide bonds. The molecule has 8 heteroatoms. The SMILES string of the molecule is COc1ccc(CN(C)C(=O)c2cc(S(=O)(=O)NC(C)C)ccc2Cl)cc1. The van der Waals surface area contributed by atoms with E-state index < -0.39 is 10.0 Å². The van der Waals surface area contributed by atoms with Crippen LogP contribution in [0.5, 0.6) is 5.75 Å². The van der Waals surface area contributed by atoms with Crippen molar-refractivity contribution in [3.05, 3.63) is 58.6 Å². The van der Waals surface area contributed by atoms with Crippen LogP contribution in [0.2, 0.25) is 5.02 Å². The summed E-state index contributed by atoms with van der Waals surface area (Å²) in [4.78, 5) is 14.3. The molecular formula is C19H23ClN2O4S. The van der Waals surface area contributed by atoms with Gasteiger partial charge in [-0.1, -0.05) is 23.7 Å². The molecule has 27 heavy (non-hydrogen) atoms. The van der Waals surface area contributed by atoms with Crippen LogP contribution >= 0.6 is 11.6 Å². The van der Waals surface area contributed by atoms with Crippen molar-refractivity contribution in [2.45, 2.75) is 31.3 Å². The van der Waals surface area contributed by atoms with E-state index in [1.807, 2.05) is 24.3 Å². The Bertz CT molecular complexity index is 912. The number of carbonyl (C=O) groups is 1. The first kappa shape index (κ1) is 21.2. The van der Waals surface area contributed by atoms with Gasteiger partial charge in [-0.2, -0.15) is 0 Å². The van der Waals surface area contributed by atoms with E-state index in [0.717, 1.165) is 11.3 Å². The molecule has 0 aromatic heterocycles. The zero-order valence-electron chi connectivity index (χ0n) is 15.7. The zero-order chi connectivity index (χ0) is 20.2. The van der Waals surface area contributed by atoms with Gasteiger partial charge >= 0.3 is 0 Å². The molecule has 6 nitrogen and oxygen atoms in total. The number of hydrogen-bond donors (Lipinski definition) is 1.